The van der Waals surface area contributed by atoms with Crippen LogP contribution in [0.3, 0.4) is 0 Å². The average molecular weight is 377 g/mol. The molecule has 0 amide bonds. The minimum atomic E-state index is -0.239. The maximum atomic E-state index is 9.70. The van der Waals surface area contributed by atoms with Gasteiger partial charge in [0, 0.05) is 19.6 Å². The van der Waals surface area contributed by atoms with Gasteiger partial charge in [-0.3, -0.25) is 0 Å². The molecule has 2 aliphatic heterocycles. The maximum Gasteiger partial charge on any atom is 0.165 e. The van der Waals surface area contributed by atoms with Crippen LogP contribution in [0.15, 0.2) is 12.7 Å². The van der Waals surface area contributed by atoms with Crippen LogP contribution in [0.4, 0.5) is 5.82 Å². The Balaban J connectivity index is 1.54. The fourth-order valence-electron chi connectivity index (χ4n) is 3.51. The number of morpholine rings is 1. The molecule has 9 heteroatoms. The number of aliphatic hydroxyl groups excluding tert-OH is 1. The largest absolute Gasteiger partial charge is 0.396 e. The normalized spacial score (nSPS) is 22.4. The zero-order valence-electron chi connectivity index (χ0n) is 15.9. The second-order valence-electron chi connectivity index (χ2n) is 7.71. The van der Waals surface area contributed by atoms with Crippen LogP contribution in [0.1, 0.15) is 13.8 Å². The third kappa shape index (κ3) is 3.77. The van der Waals surface area contributed by atoms with E-state index in [2.05, 4.69) is 19.9 Å². The minimum Gasteiger partial charge on any atom is -0.396 e. The average Bonchev–Trinajstić information content (AvgIpc) is 3.06. The topological polar surface area (TPSA) is 94.8 Å². The Bertz CT molecular complexity index is 771. The third-order valence-electron chi connectivity index (χ3n) is 5.09. The fourth-order valence-corrected chi connectivity index (χ4v) is 3.51. The molecule has 0 bridgehead atoms. The smallest absolute Gasteiger partial charge is 0.165 e. The number of aromatic nitrogens is 4. The summed E-state index contributed by atoms with van der Waals surface area (Å²) in [5.41, 5.74) is 1.31. The second kappa shape index (κ2) is 7.67. The molecule has 0 spiro atoms. The fraction of sp³-hybridized carbons (Fsp3) is 0.722. The number of fused-ring (bicyclic) bond motifs is 1. The molecule has 0 aliphatic carbocycles. The summed E-state index contributed by atoms with van der Waals surface area (Å²) < 4.78 is 18.8. The lowest BCUT2D eigenvalue weighted by Gasteiger charge is -2.39. The first-order valence-electron chi connectivity index (χ1n) is 9.43. The number of imidazole rings is 1. The van der Waals surface area contributed by atoms with E-state index in [9.17, 15) is 5.11 Å². The van der Waals surface area contributed by atoms with Crippen molar-refractivity contribution in [3.63, 3.8) is 0 Å². The molecule has 2 saturated heterocycles. The maximum absolute atomic E-state index is 9.70. The van der Waals surface area contributed by atoms with E-state index in [4.69, 9.17) is 14.2 Å². The SMILES string of the molecule is CC(C)OCC1CN(c2ncnc3c2ncn3CC2(CO)COC2)CCO1. The number of aliphatic hydroxyl groups is 1. The highest BCUT2D eigenvalue weighted by atomic mass is 16.5. The van der Waals surface area contributed by atoms with Gasteiger partial charge in [0.25, 0.3) is 0 Å². The first kappa shape index (κ1) is 18.5. The molecule has 148 valence electrons. The standard InChI is InChI=1S/C18H27N5O4/c1-13(2)27-6-14-5-22(3-4-26-14)16-15-17(20-11-19-16)23(12-21-15)7-18(8-24)9-25-10-18/h11-14,24H,3-10H2,1-2H3. The first-order valence-corrected chi connectivity index (χ1v) is 9.43. The molecule has 1 N–H and O–H groups in total. The molecule has 0 aromatic carbocycles. The highest BCUT2D eigenvalue weighted by molar-refractivity contribution is 5.83. The molecule has 0 radical (unpaired) electrons. The Labute approximate surface area is 158 Å². The van der Waals surface area contributed by atoms with Crippen molar-refractivity contribution in [3.05, 3.63) is 12.7 Å². The van der Waals surface area contributed by atoms with Crippen molar-refractivity contribution in [2.24, 2.45) is 5.41 Å². The lowest BCUT2D eigenvalue weighted by Crippen LogP contribution is -2.48. The van der Waals surface area contributed by atoms with E-state index >= 15 is 0 Å². The lowest BCUT2D eigenvalue weighted by atomic mass is 9.87. The number of anilines is 1. The number of rotatable bonds is 7. The van der Waals surface area contributed by atoms with E-state index in [1.54, 1.807) is 12.7 Å². The molecule has 2 aliphatic rings. The molecule has 9 nitrogen and oxygen atoms in total. The summed E-state index contributed by atoms with van der Waals surface area (Å²) in [5, 5.41) is 9.70. The van der Waals surface area contributed by atoms with Crippen molar-refractivity contribution in [2.75, 3.05) is 51.0 Å². The van der Waals surface area contributed by atoms with Gasteiger partial charge in [0.2, 0.25) is 0 Å². The molecule has 2 aromatic rings. The van der Waals surface area contributed by atoms with Gasteiger partial charge in [-0.15, -0.1) is 0 Å². The second-order valence-corrected chi connectivity index (χ2v) is 7.71. The van der Waals surface area contributed by atoms with Gasteiger partial charge in [-0.05, 0) is 13.8 Å². The van der Waals surface area contributed by atoms with E-state index in [1.807, 2.05) is 18.4 Å². The van der Waals surface area contributed by atoms with E-state index in [1.165, 1.54) is 0 Å². The molecular weight excluding hydrogens is 350 g/mol. The molecule has 0 saturated carbocycles. The number of hydrogen-bond acceptors (Lipinski definition) is 8. The quantitative estimate of drug-likeness (QED) is 0.744. The summed E-state index contributed by atoms with van der Waals surface area (Å²) in [6.45, 7) is 8.53. The van der Waals surface area contributed by atoms with Crippen LogP contribution in [-0.2, 0) is 20.8 Å². The lowest BCUT2D eigenvalue weighted by molar-refractivity contribution is -0.144. The van der Waals surface area contributed by atoms with Crippen LogP contribution in [-0.4, -0.2) is 83.0 Å². The third-order valence-corrected chi connectivity index (χ3v) is 5.09. The predicted molar refractivity (Wildman–Crippen MR) is 98.7 cm³/mol. The highest BCUT2D eigenvalue weighted by Gasteiger charge is 2.39. The Kier molecular flexibility index (Phi) is 5.27. The summed E-state index contributed by atoms with van der Waals surface area (Å²) >= 11 is 0. The number of ether oxygens (including phenoxy) is 3. The van der Waals surface area contributed by atoms with Gasteiger partial charge in [-0.25, -0.2) is 15.0 Å². The summed E-state index contributed by atoms with van der Waals surface area (Å²) in [4.78, 5) is 15.7. The van der Waals surface area contributed by atoms with Gasteiger partial charge >= 0.3 is 0 Å². The Hall–Kier alpha value is -1.81. The summed E-state index contributed by atoms with van der Waals surface area (Å²) in [6, 6.07) is 0. The molecule has 4 rings (SSSR count). The summed E-state index contributed by atoms with van der Waals surface area (Å²) in [5.74, 6) is 0.819. The van der Waals surface area contributed by atoms with Gasteiger partial charge in [0.1, 0.15) is 6.33 Å². The zero-order valence-corrected chi connectivity index (χ0v) is 15.9. The predicted octanol–water partition coefficient (Wildman–Crippen LogP) is 0.465. The van der Waals surface area contributed by atoms with Gasteiger partial charge in [-0.1, -0.05) is 0 Å². The van der Waals surface area contributed by atoms with Crippen LogP contribution in [0.5, 0.6) is 0 Å². The summed E-state index contributed by atoms with van der Waals surface area (Å²) in [6.07, 6.45) is 3.55. The van der Waals surface area contributed by atoms with Gasteiger partial charge in [0.15, 0.2) is 17.0 Å². The molecule has 2 aromatic heterocycles. The van der Waals surface area contributed by atoms with Crippen LogP contribution < -0.4 is 4.90 Å². The van der Waals surface area contributed by atoms with E-state index in [-0.39, 0.29) is 24.2 Å². The zero-order chi connectivity index (χ0) is 18.9. The van der Waals surface area contributed by atoms with Crippen molar-refractivity contribution in [3.8, 4) is 0 Å². The van der Waals surface area contributed by atoms with Gasteiger partial charge in [0.05, 0.1) is 57.0 Å². The molecular formula is C18H27N5O4. The van der Waals surface area contributed by atoms with Crippen molar-refractivity contribution in [2.45, 2.75) is 32.6 Å². The Morgan fingerprint density at radius 2 is 2.19 bits per heavy atom. The van der Waals surface area contributed by atoms with Crippen LogP contribution >= 0.6 is 0 Å². The highest BCUT2D eigenvalue weighted by Crippen LogP contribution is 2.31. The van der Waals surface area contributed by atoms with Gasteiger partial charge in [-0.2, -0.15) is 0 Å². The minimum absolute atomic E-state index is 0.0121. The Morgan fingerprint density at radius 3 is 2.89 bits per heavy atom. The van der Waals surface area contributed by atoms with Crippen LogP contribution in [0.2, 0.25) is 0 Å². The van der Waals surface area contributed by atoms with E-state index < -0.39 is 0 Å². The number of nitrogens with zero attached hydrogens (tertiary/aromatic N) is 5. The first-order chi connectivity index (χ1) is 13.1. The molecule has 2 fully saturated rings. The van der Waals surface area contributed by atoms with Crippen molar-refractivity contribution >= 4 is 17.0 Å². The summed E-state index contributed by atoms with van der Waals surface area (Å²) in [7, 11) is 0. The molecule has 1 unspecified atom stereocenters. The molecule has 1 atom stereocenters. The van der Waals surface area contributed by atoms with E-state index in [0.29, 0.717) is 39.5 Å². The van der Waals surface area contributed by atoms with Crippen LogP contribution in [0.25, 0.3) is 11.2 Å². The molecule has 27 heavy (non-hydrogen) atoms. The van der Waals surface area contributed by atoms with Crippen molar-refractivity contribution in [1.29, 1.82) is 0 Å². The monoisotopic (exact) mass is 377 g/mol. The van der Waals surface area contributed by atoms with E-state index in [0.717, 1.165) is 23.5 Å². The number of hydrogen-bond donors (Lipinski definition) is 1. The van der Waals surface area contributed by atoms with Crippen molar-refractivity contribution in [1.82, 2.24) is 19.5 Å². The molecule has 4 heterocycles. The van der Waals surface area contributed by atoms with Crippen molar-refractivity contribution < 1.29 is 19.3 Å². The Morgan fingerprint density at radius 1 is 1.33 bits per heavy atom. The van der Waals surface area contributed by atoms with Crippen LogP contribution in [0, 0.1) is 5.41 Å². The van der Waals surface area contributed by atoms with Gasteiger partial charge < -0.3 is 28.8 Å².